The molecule has 0 saturated carbocycles. The van der Waals surface area contributed by atoms with Gasteiger partial charge in [-0.3, -0.25) is 14.8 Å². The monoisotopic (exact) mass is 278 g/mol. The molecule has 3 aromatic rings. The lowest BCUT2D eigenvalue weighted by Crippen LogP contribution is -2.03. The van der Waals surface area contributed by atoms with E-state index >= 15 is 0 Å². The van der Waals surface area contributed by atoms with Gasteiger partial charge in [0.1, 0.15) is 5.52 Å². The smallest absolute Gasteiger partial charge is 0.167 e. The first-order chi connectivity index (χ1) is 10.3. The van der Waals surface area contributed by atoms with Gasteiger partial charge >= 0.3 is 0 Å². The van der Waals surface area contributed by atoms with Crippen molar-refractivity contribution in [3.05, 3.63) is 66.1 Å². The van der Waals surface area contributed by atoms with E-state index in [0.717, 1.165) is 11.1 Å². The number of carbonyl (C=O) groups excluding carboxylic acids is 1. The Morgan fingerprint density at radius 1 is 1.00 bits per heavy atom. The molecule has 0 aliphatic carbocycles. The molecule has 104 valence electrons. The standard InChI is InChI=1S/C17H14N2O2/c20-15(9-7-13-5-1-2-10-18-13)14-8-6-12-4-3-11-19-16(12)17(14)21/h1-6,8,10-11,21H,7,9H2. The van der Waals surface area contributed by atoms with Crippen LogP contribution in [-0.2, 0) is 6.42 Å². The summed E-state index contributed by atoms with van der Waals surface area (Å²) in [6, 6.07) is 12.7. The lowest BCUT2D eigenvalue weighted by Gasteiger charge is -2.06. The molecule has 1 aromatic carbocycles. The molecule has 4 nitrogen and oxygen atoms in total. The number of rotatable bonds is 4. The number of fused-ring (bicyclic) bond motifs is 1. The van der Waals surface area contributed by atoms with Crippen LogP contribution in [0.1, 0.15) is 22.5 Å². The summed E-state index contributed by atoms with van der Waals surface area (Å²) in [5, 5.41) is 11.0. The third-order valence-corrected chi connectivity index (χ3v) is 3.38. The summed E-state index contributed by atoms with van der Waals surface area (Å²) in [6.45, 7) is 0. The Morgan fingerprint density at radius 3 is 2.67 bits per heavy atom. The van der Waals surface area contributed by atoms with E-state index in [-0.39, 0.29) is 11.5 Å². The number of Topliss-reactive ketones (excluding diaryl/α,β-unsaturated/α-hetero) is 1. The van der Waals surface area contributed by atoms with Crippen molar-refractivity contribution in [3.8, 4) is 5.75 Å². The SMILES string of the molecule is O=C(CCc1ccccn1)c1ccc2cccnc2c1O. The van der Waals surface area contributed by atoms with E-state index in [0.29, 0.717) is 23.9 Å². The molecule has 2 heterocycles. The molecular formula is C17H14N2O2. The van der Waals surface area contributed by atoms with E-state index in [1.807, 2.05) is 24.3 Å². The maximum absolute atomic E-state index is 12.3. The molecule has 0 aliphatic heterocycles. The number of aryl methyl sites for hydroxylation is 1. The van der Waals surface area contributed by atoms with Crippen LogP contribution < -0.4 is 0 Å². The number of hydrogen-bond donors (Lipinski definition) is 1. The zero-order chi connectivity index (χ0) is 14.7. The highest BCUT2D eigenvalue weighted by Gasteiger charge is 2.14. The van der Waals surface area contributed by atoms with Gasteiger partial charge in [-0.1, -0.05) is 18.2 Å². The minimum Gasteiger partial charge on any atom is -0.505 e. The first kappa shape index (κ1) is 13.2. The Hall–Kier alpha value is -2.75. The van der Waals surface area contributed by atoms with Crippen LogP contribution in [0, 0.1) is 0 Å². The Balaban J connectivity index is 1.83. The van der Waals surface area contributed by atoms with Gasteiger partial charge in [0.05, 0.1) is 5.56 Å². The average Bonchev–Trinajstić information content (AvgIpc) is 2.54. The molecule has 0 spiro atoms. The van der Waals surface area contributed by atoms with Crippen molar-refractivity contribution in [1.29, 1.82) is 0 Å². The summed E-state index contributed by atoms with van der Waals surface area (Å²) in [7, 11) is 0. The number of phenolic OH excluding ortho intramolecular Hbond substituents is 1. The Labute approximate surface area is 122 Å². The first-order valence-corrected chi connectivity index (χ1v) is 6.75. The highest BCUT2D eigenvalue weighted by molar-refractivity contribution is 6.03. The van der Waals surface area contributed by atoms with Crippen molar-refractivity contribution in [3.63, 3.8) is 0 Å². The van der Waals surface area contributed by atoms with Gasteiger partial charge < -0.3 is 5.11 Å². The number of benzene rings is 1. The molecule has 0 aliphatic rings. The lowest BCUT2D eigenvalue weighted by molar-refractivity contribution is 0.0980. The van der Waals surface area contributed by atoms with Crippen LogP contribution in [0.15, 0.2) is 54.9 Å². The second kappa shape index (κ2) is 5.71. The Bertz CT molecular complexity index is 785. The predicted octanol–water partition coefficient (Wildman–Crippen LogP) is 3.15. The zero-order valence-corrected chi connectivity index (χ0v) is 11.4. The number of pyridine rings is 2. The quantitative estimate of drug-likeness (QED) is 0.745. The predicted molar refractivity (Wildman–Crippen MR) is 80.3 cm³/mol. The summed E-state index contributed by atoms with van der Waals surface area (Å²) < 4.78 is 0. The number of aromatic hydroxyl groups is 1. The highest BCUT2D eigenvalue weighted by Crippen LogP contribution is 2.27. The molecule has 0 saturated heterocycles. The van der Waals surface area contributed by atoms with Crippen LogP contribution in [0.25, 0.3) is 10.9 Å². The van der Waals surface area contributed by atoms with Crippen molar-refractivity contribution >= 4 is 16.7 Å². The highest BCUT2D eigenvalue weighted by atomic mass is 16.3. The molecule has 0 radical (unpaired) electrons. The van der Waals surface area contributed by atoms with E-state index < -0.39 is 0 Å². The second-order valence-corrected chi connectivity index (χ2v) is 4.78. The number of phenols is 1. The van der Waals surface area contributed by atoms with Crippen molar-refractivity contribution in [1.82, 2.24) is 9.97 Å². The fraction of sp³-hybridized carbons (Fsp3) is 0.118. The molecule has 21 heavy (non-hydrogen) atoms. The maximum atomic E-state index is 12.3. The van der Waals surface area contributed by atoms with Crippen LogP contribution >= 0.6 is 0 Å². The van der Waals surface area contributed by atoms with Crippen molar-refractivity contribution < 1.29 is 9.90 Å². The molecule has 0 atom stereocenters. The van der Waals surface area contributed by atoms with Gasteiger partial charge in [-0.2, -0.15) is 0 Å². The van der Waals surface area contributed by atoms with Crippen LogP contribution in [0.5, 0.6) is 5.75 Å². The molecule has 4 heteroatoms. The normalized spacial score (nSPS) is 10.7. The summed E-state index contributed by atoms with van der Waals surface area (Å²) in [6.07, 6.45) is 4.17. The lowest BCUT2D eigenvalue weighted by atomic mass is 10.0. The van der Waals surface area contributed by atoms with Crippen molar-refractivity contribution in [2.45, 2.75) is 12.8 Å². The number of ketones is 1. The number of hydrogen-bond acceptors (Lipinski definition) is 4. The number of nitrogens with zero attached hydrogens (tertiary/aromatic N) is 2. The summed E-state index contributed by atoms with van der Waals surface area (Å²) in [4.78, 5) is 20.6. The summed E-state index contributed by atoms with van der Waals surface area (Å²) >= 11 is 0. The van der Waals surface area contributed by atoms with Crippen LogP contribution in [0.3, 0.4) is 0 Å². The van der Waals surface area contributed by atoms with E-state index in [4.69, 9.17) is 0 Å². The topological polar surface area (TPSA) is 63.1 Å². The van der Waals surface area contributed by atoms with E-state index in [1.54, 1.807) is 30.6 Å². The molecule has 1 N–H and O–H groups in total. The first-order valence-electron chi connectivity index (χ1n) is 6.75. The minimum absolute atomic E-state index is 0.0425. The molecule has 3 rings (SSSR count). The van der Waals surface area contributed by atoms with Crippen LogP contribution in [-0.4, -0.2) is 20.9 Å². The fourth-order valence-corrected chi connectivity index (χ4v) is 2.28. The largest absolute Gasteiger partial charge is 0.505 e. The van der Waals surface area contributed by atoms with Gasteiger partial charge in [0.25, 0.3) is 0 Å². The number of carbonyl (C=O) groups is 1. The van der Waals surface area contributed by atoms with Gasteiger partial charge in [-0.25, -0.2) is 0 Å². The van der Waals surface area contributed by atoms with Gasteiger partial charge in [0.15, 0.2) is 11.5 Å². The van der Waals surface area contributed by atoms with E-state index in [2.05, 4.69) is 9.97 Å². The molecule has 0 amide bonds. The zero-order valence-electron chi connectivity index (χ0n) is 11.4. The minimum atomic E-state index is -0.106. The van der Waals surface area contributed by atoms with Gasteiger partial charge in [0, 0.05) is 29.9 Å². The van der Waals surface area contributed by atoms with Gasteiger partial charge in [0.2, 0.25) is 0 Å². The average molecular weight is 278 g/mol. The summed E-state index contributed by atoms with van der Waals surface area (Å²) in [5.74, 6) is -0.148. The number of aromatic nitrogens is 2. The Morgan fingerprint density at radius 2 is 1.86 bits per heavy atom. The molecule has 0 unspecified atom stereocenters. The van der Waals surface area contributed by atoms with Crippen LogP contribution in [0.4, 0.5) is 0 Å². The molecular weight excluding hydrogens is 264 g/mol. The fourth-order valence-electron chi connectivity index (χ4n) is 2.28. The van der Waals surface area contributed by atoms with Crippen molar-refractivity contribution in [2.24, 2.45) is 0 Å². The third kappa shape index (κ3) is 2.74. The van der Waals surface area contributed by atoms with E-state index in [1.165, 1.54) is 0 Å². The van der Waals surface area contributed by atoms with E-state index in [9.17, 15) is 9.90 Å². The van der Waals surface area contributed by atoms with Crippen LogP contribution in [0.2, 0.25) is 0 Å². The van der Waals surface area contributed by atoms with Gasteiger partial charge in [-0.05, 0) is 30.7 Å². The molecule has 0 bridgehead atoms. The second-order valence-electron chi connectivity index (χ2n) is 4.78. The van der Waals surface area contributed by atoms with Crippen molar-refractivity contribution in [2.75, 3.05) is 0 Å². The third-order valence-electron chi connectivity index (χ3n) is 3.38. The summed E-state index contributed by atoms with van der Waals surface area (Å²) in [5.41, 5.74) is 1.64. The Kier molecular flexibility index (Phi) is 3.60. The molecule has 2 aromatic heterocycles. The van der Waals surface area contributed by atoms with Gasteiger partial charge in [-0.15, -0.1) is 0 Å². The maximum Gasteiger partial charge on any atom is 0.167 e. The molecule has 0 fully saturated rings.